The first kappa shape index (κ1) is 11.0. The van der Waals surface area contributed by atoms with E-state index in [1.165, 1.54) is 6.33 Å². The fourth-order valence-electron chi connectivity index (χ4n) is 1.37. The number of rotatable bonds is 3. The highest BCUT2D eigenvalue weighted by Gasteiger charge is 2.12. The quantitative estimate of drug-likeness (QED) is 0.925. The third kappa shape index (κ3) is 2.19. The van der Waals surface area contributed by atoms with E-state index in [4.69, 9.17) is 0 Å². The van der Waals surface area contributed by atoms with Crippen molar-refractivity contribution < 1.29 is 0 Å². The molecule has 84 valence electrons. The highest BCUT2D eigenvalue weighted by atomic mass is 79.9. The molecule has 0 aliphatic carbocycles. The molecule has 2 aromatic rings. The van der Waals surface area contributed by atoms with E-state index in [2.05, 4.69) is 41.4 Å². The first-order valence-electron chi connectivity index (χ1n) is 4.74. The summed E-state index contributed by atoms with van der Waals surface area (Å²) in [6.07, 6.45) is 4.86. The lowest BCUT2D eigenvalue weighted by molar-refractivity contribution is 0.715. The summed E-state index contributed by atoms with van der Waals surface area (Å²) in [6, 6.07) is 0.0266. The van der Waals surface area contributed by atoms with Crippen LogP contribution in [0.15, 0.2) is 23.3 Å². The molecule has 1 N–H and O–H groups in total. The Morgan fingerprint density at radius 2 is 2.31 bits per heavy atom. The first-order valence-corrected chi connectivity index (χ1v) is 5.53. The van der Waals surface area contributed by atoms with Gasteiger partial charge in [-0.25, -0.2) is 9.97 Å². The number of aromatic nitrogens is 5. The van der Waals surface area contributed by atoms with Crippen molar-refractivity contribution in [2.45, 2.75) is 13.0 Å². The lowest BCUT2D eigenvalue weighted by Crippen LogP contribution is -2.13. The van der Waals surface area contributed by atoms with E-state index in [1.807, 2.05) is 18.5 Å². The van der Waals surface area contributed by atoms with E-state index in [0.717, 1.165) is 16.1 Å². The largest absolute Gasteiger partial charge is 0.359 e. The Kier molecular flexibility index (Phi) is 3.14. The maximum Gasteiger partial charge on any atom is 0.154 e. The van der Waals surface area contributed by atoms with Crippen molar-refractivity contribution in [2.24, 2.45) is 7.05 Å². The molecular formula is C9H11BrN6. The molecule has 0 spiro atoms. The van der Waals surface area contributed by atoms with Gasteiger partial charge >= 0.3 is 0 Å². The van der Waals surface area contributed by atoms with Gasteiger partial charge in [0.2, 0.25) is 0 Å². The number of nitrogens with zero attached hydrogens (tertiary/aromatic N) is 5. The standard InChI is InChI=1S/C9H11BrN6/c1-6(9-15-13-5-16(9)2)14-8-7(10)3-11-4-12-8/h3-6H,1-2H3,(H,11,12,14). The maximum absolute atomic E-state index is 4.13. The Hall–Kier alpha value is -1.50. The molecule has 2 rings (SSSR count). The van der Waals surface area contributed by atoms with Crippen molar-refractivity contribution in [2.75, 3.05) is 5.32 Å². The van der Waals surface area contributed by atoms with E-state index in [-0.39, 0.29) is 6.04 Å². The summed E-state index contributed by atoms with van der Waals surface area (Å²) in [5, 5.41) is 11.1. The molecule has 0 radical (unpaired) electrons. The number of hydrogen-bond acceptors (Lipinski definition) is 5. The van der Waals surface area contributed by atoms with E-state index in [9.17, 15) is 0 Å². The molecule has 1 unspecified atom stereocenters. The van der Waals surface area contributed by atoms with Gasteiger partial charge in [0.15, 0.2) is 5.82 Å². The zero-order valence-corrected chi connectivity index (χ0v) is 10.5. The van der Waals surface area contributed by atoms with E-state index in [0.29, 0.717) is 0 Å². The maximum atomic E-state index is 4.13. The fourth-order valence-corrected chi connectivity index (χ4v) is 1.71. The average molecular weight is 283 g/mol. The lowest BCUT2D eigenvalue weighted by atomic mass is 10.3. The smallest absolute Gasteiger partial charge is 0.154 e. The number of hydrogen-bond donors (Lipinski definition) is 1. The molecule has 0 amide bonds. The summed E-state index contributed by atoms with van der Waals surface area (Å²) < 4.78 is 2.69. The Balaban J connectivity index is 2.17. The van der Waals surface area contributed by atoms with Crippen LogP contribution in [0.2, 0.25) is 0 Å². The fraction of sp³-hybridized carbons (Fsp3) is 0.333. The van der Waals surface area contributed by atoms with E-state index >= 15 is 0 Å². The SMILES string of the molecule is CC(Nc1ncncc1Br)c1nncn1C. The molecule has 0 saturated heterocycles. The molecule has 1 atom stereocenters. The van der Waals surface area contributed by atoms with Gasteiger partial charge in [0, 0.05) is 13.2 Å². The van der Waals surface area contributed by atoms with Crippen LogP contribution in [0.1, 0.15) is 18.8 Å². The molecule has 0 bridgehead atoms. The predicted octanol–water partition coefficient (Wildman–Crippen LogP) is 1.54. The normalized spacial score (nSPS) is 12.4. The zero-order valence-electron chi connectivity index (χ0n) is 8.92. The molecule has 2 aromatic heterocycles. The van der Waals surface area contributed by atoms with Gasteiger partial charge in [-0.3, -0.25) is 0 Å². The van der Waals surface area contributed by atoms with Gasteiger partial charge in [-0.2, -0.15) is 0 Å². The second-order valence-corrected chi connectivity index (χ2v) is 4.24. The summed E-state index contributed by atoms with van der Waals surface area (Å²) in [5.74, 6) is 1.59. The van der Waals surface area contributed by atoms with Crippen LogP contribution in [-0.4, -0.2) is 24.7 Å². The van der Waals surface area contributed by atoms with Crippen molar-refractivity contribution >= 4 is 21.7 Å². The monoisotopic (exact) mass is 282 g/mol. The molecule has 0 fully saturated rings. The van der Waals surface area contributed by atoms with Crippen molar-refractivity contribution in [3.8, 4) is 0 Å². The third-order valence-electron chi connectivity index (χ3n) is 2.15. The summed E-state index contributed by atoms with van der Waals surface area (Å²) in [7, 11) is 1.91. The lowest BCUT2D eigenvalue weighted by Gasteiger charge is -2.13. The van der Waals surface area contributed by atoms with Gasteiger partial charge in [-0.15, -0.1) is 10.2 Å². The second kappa shape index (κ2) is 4.56. The summed E-state index contributed by atoms with van der Waals surface area (Å²) in [4.78, 5) is 8.03. The van der Waals surface area contributed by atoms with Crippen LogP contribution in [0, 0.1) is 0 Å². The number of nitrogens with one attached hydrogen (secondary N) is 1. The molecule has 16 heavy (non-hydrogen) atoms. The van der Waals surface area contributed by atoms with Crippen molar-refractivity contribution in [3.05, 3.63) is 29.1 Å². The number of halogens is 1. The summed E-state index contributed by atoms with van der Waals surface area (Å²) in [5.41, 5.74) is 0. The van der Waals surface area contributed by atoms with Gasteiger partial charge in [-0.05, 0) is 22.9 Å². The van der Waals surface area contributed by atoms with Crippen LogP contribution in [0.25, 0.3) is 0 Å². The van der Waals surface area contributed by atoms with Crippen LogP contribution in [0.3, 0.4) is 0 Å². The molecule has 0 aromatic carbocycles. The van der Waals surface area contributed by atoms with Gasteiger partial charge in [0.25, 0.3) is 0 Å². The van der Waals surface area contributed by atoms with Crippen LogP contribution in [0.5, 0.6) is 0 Å². The molecule has 0 aliphatic heterocycles. The highest BCUT2D eigenvalue weighted by Crippen LogP contribution is 2.21. The third-order valence-corrected chi connectivity index (χ3v) is 2.73. The topological polar surface area (TPSA) is 68.5 Å². The first-order chi connectivity index (χ1) is 7.68. The van der Waals surface area contributed by atoms with Crippen LogP contribution < -0.4 is 5.32 Å². The average Bonchev–Trinajstić information content (AvgIpc) is 2.68. The van der Waals surface area contributed by atoms with Crippen LogP contribution >= 0.6 is 15.9 Å². The van der Waals surface area contributed by atoms with E-state index < -0.39 is 0 Å². The summed E-state index contributed by atoms with van der Waals surface area (Å²) >= 11 is 3.38. The Bertz CT molecular complexity index is 482. The Morgan fingerprint density at radius 3 is 2.94 bits per heavy atom. The van der Waals surface area contributed by atoms with Crippen LogP contribution in [0.4, 0.5) is 5.82 Å². The van der Waals surface area contributed by atoms with Crippen molar-refractivity contribution in [3.63, 3.8) is 0 Å². The highest BCUT2D eigenvalue weighted by molar-refractivity contribution is 9.10. The number of anilines is 1. The minimum absolute atomic E-state index is 0.0266. The van der Waals surface area contributed by atoms with E-state index in [1.54, 1.807) is 12.5 Å². The van der Waals surface area contributed by atoms with Gasteiger partial charge in [-0.1, -0.05) is 0 Å². The minimum Gasteiger partial charge on any atom is -0.359 e. The molecule has 7 heteroatoms. The molecule has 0 aliphatic rings. The molecular weight excluding hydrogens is 272 g/mol. The second-order valence-electron chi connectivity index (χ2n) is 3.39. The molecule has 0 saturated carbocycles. The number of aryl methyl sites for hydroxylation is 1. The van der Waals surface area contributed by atoms with Crippen molar-refractivity contribution in [1.82, 2.24) is 24.7 Å². The Labute approximate surface area is 101 Å². The van der Waals surface area contributed by atoms with Gasteiger partial charge < -0.3 is 9.88 Å². The zero-order chi connectivity index (χ0) is 11.5. The Morgan fingerprint density at radius 1 is 1.50 bits per heavy atom. The van der Waals surface area contributed by atoms with Gasteiger partial charge in [0.1, 0.15) is 18.5 Å². The minimum atomic E-state index is 0.0266. The predicted molar refractivity (Wildman–Crippen MR) is 62.8 cm³/mol. The van der Waals surface area contributed by atoms with Crippen molar-refractivity contribution in [1.29, 1.82) is 0 Å². The molecule has 2 heterocycles. The molecule has 6 nitrogen and oxygen atoms in total. The van der Waals surface area contributed by atoms with Crippen LogP contribution in [-0.2, 0) is 7.05 Å². The van der Waals surface area contributed by atoms with Gasteiger partial charge in [0.05, 0.1) is 10.5 Å². The summed E-state index contributed by atoms with van der Waals surface area (Å²) in [6.45, 7) is 2.00.